The molecule has 0 nitrogen and oxygen atoms in total. The summed E-state index contributed by atoms with van der Waals surface area (Å²) in [5.41, 5.74) is 2.33. The van der Waals surface area contributed by atoms with Crippen LogP contribution in [0, 0.1) is 35.2 Å². The fourth-order valence-corrected chi connectivity index (χ4v) is 3.03. The topological polar surface area (TPSA) is 0 Å². The molecule has 3 rings (SSSR count). The van der Waals surface area contributed by atoms with E-state index in [0.717, 1.165) is 42.9 Å². The maximum Gasteiger partial charge on any atom is 0.174 e. The average Bonchev–Trinajstić information content (AvgIpc) is 2.55. The Bertz CT molecular complexity index is 797. The zero-order chi connectivity index (χ0) is 16.4. The highest BCUT2D eigenvalue weighted by Crippen LogP contribution is 2.29. The smallest absolute Gasteiger partial charge is 0.174 e. The second-order valence-corrected chi connectivity index (χ2v) is 5.97. The highest BCUT2D eigenvalue weighted by atomic mass is 19.2. The minimum Gasteiger partial charge on any atom is -0.206 e. The van der Waals surface area contributed by atoms with Gasteiger partial charge in [-0.2, -0.15) is 0 Å². The number of fused-ring (bicyclic) bond motifs is 1. The third kappa shape index (κ3) is 3.27. The molecule has 1 unspecified atom stereocenters. The van der Waals surface area contributed by atoms with Gasteiger partial charge in [-0.1, -0.05) is 31.3 Å². The Morgan fingerprint density at radius 2 is 1.78 bits per heavy atom. The lowest BCUT2D eigenvalue weighted by molar-refractivity contribution is 0.443. The predicted molar refractivity (Wildman–Crippen MR) is 84.5 cm³/mol. The van der Waals surface area contributed by atoms with E-state index in [1.807, 2.05) is 0 Å². The summed E-state index contributed by atoms with van der Waals surface area (Å²) >= 11 is 0. The fraction of sp³-hybridized carbons (Fsp3) is 0.300. The molecule has 3 heteroatoms. The molecule has 23 heavy (non-hydrogen) atoms. The molecule has 0 aliphatic heterocycles. The van der Waals surface area contributed by atoms with Crippen molar-refractivity contribution in [2.24, 2.45) is 5.92 Å². The van der Waals surface area contributed by atoms with Crippen LogP contribution in [-0.2, 0) is 12.8 Å². The van der Waals surface area contributed by atoms with E-state index in [1.165, 1.54) is 12.1 Å². The monoisotopic (exact) mass is 314 g/mol. The third-order valence-corrected chi connectivity index (χ3v) is 4.48. The summed E-state index contributed by atoms with van der Waals surface area (Å²) < 4.78 is 41.0. The number of aryl methyl sites for hydroxylation is 1. The zero-order valence-corrected chi connectivity index (χ0v) is 12.9. The maximum absolute atomic E-state index is 14.2. The van der Waals surface area contributed by atoms with Crippen molar-refractivity contribution >= 4 is 0 Å². The Balaban J connectivity index is 1.94. The van der Waals surface area contributed by atoms with E-state index >= 15 is 0 Å². The van der Waals surface area contributed by atoms with Crippen molar-refractivity contribution in [3.05, 3.63) is 70.0 Å². The van der Waals surface area contributed by atoms with Crippen molar-refractivity contribution in [3.63, 3.8) is 0 Å². The first kappa shape index (κ1) is 15.7. The van der Waals surface area contributed by atoms with E-state index in [0.29, 0.717) is 5.92 Å². The van der Waals surface area contributed by atoms with Gasteiger partial charge in [-0.3, -0.25) is 0 Å². The van der Waals surface area contributed by atoms with E-state index in [4.69, 9.17) is 0 Å². The number of hydrogen-bond donors (Lipinski definition) is 0. The number of halogens is 3. The van der Waals surface area contributed by atoms with Crippen molar-refractivity contribution in [1.82, 2.24) is 0 Å². The Hall–Kier alpha value is -2.21. The van der Waals surface area contributed by atoms with Crippen molar-refractivity contribution in [2.75, 3.05) is 0 Å². The Morgan fingerprint density at radius 3 is 2.57 bits per heavy atom. The van der Waals surface area contributed by atoms with Crippen molar-refractivity contribution in [3.8, 4) is 11.8 Å². The third-order valence-electron chi connectivity index (χ3n) is 4.48. The van der Waals surface area contributed by atoms with Crippen LogP contribution < -0.4 is 0 Å². The molecular formula is C20H17F3. The quantitative estimate of drug-likeness (QED) is 0.648. The molecule has 0 radical (unpaired) electrons. The van der Waals surface area contributed by atoms with Gasteiger partial charge in [0, 0.05) is 0 Å². The number of rotatable bonds is 1. The normalized spacial score (nSPS) is 16.4. The second-order valence-electron chi connectivity index (χ2n) is 5.97. The van der Waals surface area contributed by atoms with E-state index < -0.39 is 17.5 Å². The summed E-state index contributed by atoms with van der Waals surface area (Å²) in [5.74, 6) is 3.44. The summed E-state index contributed by atoms with van der Waals surface area (Å²) in [6.45, 7) is 2.15. The molecule has 0 bridgehead atoms. The average molecular weight is 314 g/mol. The molecular weight excluding hydrogens is 297 g/mol. The van der Waals surface area contributed by atoms with Crippen LogP contribution in [0.1, 0.15) is 42.0 Å². The second kappa shape index (κ2) is 6.50. The molecule has 0 heterocycles. The first-order valence-electron chi connectivity index (χ1n) is 7.85. The van der Waals surface area contributed by atoms with Gasteiger partial charge in [0.15, 0.2) is 11.6 Å². The summed E-state index contributed by atoms with van der Waals surface area (Å²) in [6.07, 6.45) is 4.01. The van der Waals surface area contributed by atoms with Crippen molar-refractivity contribution in [1.29, 1.82) is 0 Å². The predicted octanol–water partition coefficient (Wildman–Crippen LogP) is 5.02. The van der Waals surface area contributed by atoms with Crippen LogP contribution in [0.5, 0.6) is 0 Å². The zero-order valence-electron chi connectivity index (χ0n) is 12.9. The van der Waals surface area contributed by atoms with Crippen LogP contribution >= 0.6 is 0 Å². The summed E-state index contributed by atoms with van der Waals surface area (Å²) in [5, 5.41) is 0. The van der Waals surface area contributed by atoms with Gasteiger partial charge in [0.2, 0.25) is 0 Å². The molecule has 0 aromatic heterocycles. The molecule has 0 saturated carbocycles. The summed E-state index contributed by atoms with van der Waals surface area (Å²) in [4.78, 5) is 0. The van der Waals surface area contributed by atoms with Gasteiger partial charge >= 0.3 is 0 Å². The van der Waals surface area contributed by atoms with Gasteiger partial charge in [-0.05, 0) is 60.6 Å². The molecule has 2 aromatic rings. The first-order valence-corrected chi connectivity index (χ1v) is 7.85. The molecule has 2 aromatic carbocycles. The molecule has 0 N–H and O–H groups in total. The molecule has 0 spiro atoms. The Morgan fingerprint density at radius 1 is 1.00 bits per heavy atom. The van der Waals surface area contributed by atoms with Gasteiger partial charge in [0.05, 0.1) is 11.1 Å². The maximum atomic E-state index is 14.2. The molecule has 1 aliphatic rings. The lowest BCUT2D eigenvalue weighted by Crippen LogP contribution is -2.14. The summed E-state index contributed by atoms with van der Waals surface area (Å²) in [6, 6.07) is 7.10. The van der Waals surface area contributed by atoms with Crippen LogP contribution in [0.2, 0.25) is 0 Å². The van der Waals surface area contributed by atoms with E-state index in [1.54, 1.807) is 12.1 Å². The number of benzene rings is 2. The number of hydrogen-bond acceptors (Lipinski definition) is 0. The van der Waals surface area contributed by atoms with Gasteiger partial charge in [-0.15, -0.1) is 0 Å². The van der Waals surface area contributed by atoms with Gasteiger partial charge in [0.25, 0.3) is 0 Å². The lowest BCUT2D eigenvalue weighted by Gasteiger charge is -2.23. The summed E-state index contributed by atoms with van der Waals surface area (Å²) in [7, 11) is 0. The minimum atomic E-state index is -0.996. The first-order chi connectivity index (χ1) is 11.1. The minimum absolute atomic E-state index is 0.0619. The van der Waals surface area contributed by atoms with Crippen LogP contribution in [0.15, 0.2) is 30.3 Å². The molecule has 0 saturated heterocycles. The van der Waals surface area contributed by atoms with E-state index in [-0.39, 0.29) is 11.1 Å². The highest BCUT2D eigenvalue weighted by Gasteiger charge is 2.19. The van der Waals surface area contributed by atoms with Gasteiger partial charge < -0.3 is 0 Å². The van der Waals surface area contributed by atoms with Crippen LogP contribution in [-0.4, -0.2) is 0 Å². The van der Waals surface area contributed by atoms with Gasteiger partial charge in [-0.25, -0.2) is 13.2 Å². The molecule has 118 valence electrons. The standard InChI is InChI=1S/C20H17F3/c1-2-13-6-7-15-11-16(19(22)12-17(15)10-13)9-8-14-4-3-5-18(21)20(14)23/h3-5,11-13H,2,6-7,10H2,1H3. The molecule has 0 fully saturated rings. The van der Waals surface area contributed by atoms with Crippen LogP contribution in [0.25, 0.3) is 0 Å². The van der Waals surface area contributed by atoms with Gasteiger partial charge in [0.1, 0.15) is 5.82 Å². The van der Waals surface area contributed by atoms with Crippen molar-refractivity contribution < 1.29 is 13.2 Å². The largest absolute Gasteiger partial charge is 0.206 e. The SMILES string of the molecule is CCC1CCc2cc(C#Cc3cccc(F)c3F)c(F)cc2C1. The molecule has 1 aliphatic carbocycles. The fourth-order valence-electron chi connectivity index (χ4n) is 3.03. The Labute approximate surface area is 134 Å². The molecule has 1 atom stereocenters. The Kier molecular flexibility index (Phi) is 4.43. The highest BCUT2D eigenvalue weighted by molar-refractivity contribution is 5.47. The van der Waals surface area contributed by atoms with E-state index in [9.17, 15) is 13.2 Å². The van der Waals surface area contributed by atoms with Crippen LogP contribution in [0.4, 0.5) is 13.2 Å². The molecule has 0 amide bonds. The lowest BCUT2D eigenvalue weighted by atomic mass is 9.82. The van der Waals surface area contributed by atoms with E-state index in [2.05, 4.69) is 18.8 Å². The van der Waals surface area contributed by atoms with Crippen molar-refractivity contribution in [2.45, 2.75) is 32.6 Å². The van der Waals surface area contributed by atoms with Crippen LogP contribution in [0.3, 0.4) is 0 Å².